The van der Waals surface area contributed by atoms with Gasteiger partial charge in [0.25, 0.3) is 0 Å². The second kappa shape index (κ2) is 7.29. The summed E-state index contributed by atoms with van der Waals surface area (Å²) in [6.07, 6.45) is 0.967. The van der Waals surface area contributed by atoms with Gasteiger partial charge in [-0.15, -0.1) is 0 Å². The summed E-state index contributed by atoms with van der Waals surface area (Å²) in [5.41, 5.74) is 5.14. The fourth-order valence-corrected chi connectivity index (χ4v) is 2.24. The first kappa shape index (κ1) is 15.7. The molecule has 3 heteroatoms. The summed E-state index contributed by atoms with van der Waals surface area (Å²) < 4.78 is 0. The highest BCUT2D eigenvalue weighted by Crippen LogP contribution is 2.16. The largest absolute Gasteiger partial charge is 0.355 e. The molecule has 1 atom stereocenters. The molecule has 1 rings (SSSR count). The van der Waals surface area contributed by atoms with Gasteiger partial charge in [0.2, 0.25) is 5.91 Å². The van der Waals surface area contributed by atoms with Crippen molar-refractivity contribution >= 4 is 5.91 Å². The maximum absolute atomic E-state index is 11.8. The molecule has 19 heavy (non-hydrogen) atoms. The molecule has 1 aromatic carbocycles. The first-order valence-electron chi connectivity index (χ1n) is 7.03. The van der Waals surface area contributed by atoms with Gasteiger partial charge in [-0.05, 0) is 50.8 Å². The summed E-state index contributed by atoms with van der Waals surface area (Å²) in [5, 5.41) is 6.20. The Morgan fingerprint density at radius 2 is 1.79 bits per heavy atom. The minimum Gasteiger partial charge on any atom is -0.355 e. The van der Waals surface area contributed by atoms with Crippen molar-refractivity contribution in [1.29, 1.82) is 0 Å². The minimum atomic E-state index is -0.161. The minimum absolute atomic E-state index is 0.0734. The van der Waals surface area contributed by atoms with Crippen molar-refractivity contribution in [2.75, 3.05) is 6.54 Å². The Bertz CT molecular complexity index is 417. The molecule has 0 aromatic heterocycles. The number of carbonyl (C=O) groups excluding carboxylic acids is 1. The molecule has 0 bridgehead atoms. The van der Waals surface area contributed by atoms with Crippen LogP contribution in [0.25, 0.3) is 0 Å². The zero-order valence-corrected chi connectivity index (χ0v) is 12.8. The third-order valence-corrected chi connectivity index (χ3v) is 3.37. The molecule has 3 nitrogen and oxygen atoms in total. The highest BCUT2D eigenvalue weighted by Gasteiger charge is 2.12. The average Bonchev–Trinajstić information content (AvgIpc) is 2.34. The molecule has 0 aliphatic heterocycles. The normalized spacial score (nSPS) is 12.3. The van der Waals surface area contributed by atoms with Gasteiger partial charge in [-0.25, -0.2) is 0 Å². The lowest BCUT2D eigenvalue weighted by Gasteiger charge is -2.16. The lowest BCUT2D eigenvalue weighted by atomic mass is 9.99. The monoisotopic (exact) mass is 262 g/mol. The number of benzene rings is 1. The SMILES string of the molecule is CCCNC(=O)C(C)NCc1c(C)cc(C)cc1C. The Balaban J connectivity index is 2.59. The van der Waals surface area contributed by atoms with Crippen LogP contribution >= 0.6 is 0 Å². The van der Waals surface area contributed by atoms with Gasteiger partial charge >= 0.3 is 0 Å². The summed E-state index contributed by atoms with van der Waals surface area (Å²) >= 11 is 0. The Kier molecular flexibility index (Phi) is 6.03. The molecule has 1 amide bonds. The van der Waals surface area contributed by atoms with Crippen molar-refractivity contribution in [3.05, 3.63) is 34.4 Å². The molecule has 0 saturated heterocycles. The van der Waals surface area contributed by atoms with E-state index >= 15 is 0 Å². The first-order valence-corrected chi connectivity index (χ1v) is 7.03. The number of aryl methyl sites for hydroxylation is 3. The number of hydrogen-bond donors (Lipinski definition) is 2. The van der Waals surface area contributed by atoms with Crippen LogP contribution in [0.2, 0.25) is 0 Å². The highest BCUT2D eigenvalue weighted by molar-refractivity contribution is 5.81. The zero-order chi connectivity index (χ0) is 14.4. The van der Waals surface area contributed by atoms with E-state index in [1.165, 1.54) is 22.3 Å². The third kappa shape index (κ3) is 4.67. The quantitative estimate of drug-likeness (QED) is 0.827. The van der Waals surface area contributed by atoms with Gasteiger partial charge in [0.1, 0.15) is 0 Å². The van der Waals surface area contributed by atoms with Crippen molar-refractivity contribution in [3.63, 3.8) is 0 Å². The molecule has 0 saturated carbocycles. The van der Waals surface area contributed by atoms with Gasteiger partial charge in [0.15, 0.2) is 0 Å². The predicted molar refractivity (Wildman–Crippen MR) is 80.3 cm³/mol. The highest BCUT2D eigenvalue weighted by atomic mass is 16.2. The van der Waals surface area contributed by atoms with Crippen LogP contribution in [0.4, 0.5) is 0 Å². The Morgan fingerprint density at radius 3 is 2.32 bits per heavy atom. The van der Waals surface area contributed by atoms with Gasteiger partial charge < -0.3 is 10.6 Å². The van der Waals surface area contributed by atoms with Crippen LogP contribution < -0.4 is 10.6 Å². The fraction of sp³-hybridized carbons (Fsp3) is 0.562. The van der Waals surface area contributed by atoms with E-state index in [9.17, 15) is 4.79 Å². The van der Waals surface area contributed by atoms with Crippen LogP contribution in [0.5, 0.6) is 0 Å². The first-order chi connectivity index (χ1) is 8.95. The van der Waals surface area contributed by atoms with Crippen molar-refractivity contribution < 1.29 is 4.79 Å². The van der Waals surface area contributed by atoms with E-state index in [1.807, 2.05) is 6.92 Å². The van der Waals surface area contributed by atoms with E-state index in [0.717, 1.165) is 19.5 Å². The average molecular weight is 262 g/mol. The Morgan fingerprint density at radius 1 is 1.21 bits per heavy atom. The second-order valence-corrected chi connectivity index (χ2v) is 5.27. The van der Waals surface area contributed by atoms with Crippen molar-refractivity contribution in [1.82, 2.24) is 10.6 Å². The summed E-state index contributed by atoms with van der Waals surface area (Å²) in [5.74, 6) is 0.0734. The summed E-state index contributed by atoms with van der Waals surface area (Å²) in [7, 11) is 0. The number of rotatable bonds is 6. The summed E-state index contributed by atoms with van der Waals surface area (Å²) in [4.78, 5) is 11.8. The van der Waals surface area contributed by atoms with Gasteiger partial charge in [-0.2, -0.15) is 0 Å². The van der Waals surface area contributed by atoms with E-state index < -0.39 is 0 Å². The summed E-state index contributed by atoms with van der Waals surface area (Å²) in [6, 6.07) is 4.21. The van der Waals surface area contributed by atoms with E-state index in [0.29, 0.717) is 0 Å². The molecule has 1 aromatic rings. The molecule has 0 spiro atoms. The third-order valence-electron chi connectivity index (χ3n) is 3.37. The fourth-order valence-electron chi connectivity index (χ4n) is 2.24. The van der Waals surface area contributed by atoms with Crippen LogP contribution in [-0.4, -0.2) is 18.5 Å². The van der Waals surface area contributed by atoms with Gasteiger partial charge in [-0.1, -0.05) is 24.6 Å². The molecule has 2 N–H and O–H groups in total. The number of carbonyl (C=O) groups is 1. The number of amides is 1. The van der Waals surface area contributed by atoms with E-state index in [-0.39, 0.29) is 11.9 Å². The molecule has 1 unspecified atom stereocenters. The predicted octanol–water partition coefficient (Wildman–Crippen LogP) is 2.62. The molecule has 106 valence electrons. The Labute approximate surface area is 116 Å². The van der Waals surface area contributed by atoms with E-state index in [2.05, 4.69) is 50.5 Å². The van der Waals surface area contributed by atoms with Gasteiger partial charge in [0.05, 0.1) is 6.04 Å². The van der Waals surface area contributed by atoms with Crippen LogP contribution in [0.15, 0.2) is 12.1 Å². The molecule has 0 heterocycles. The molecular formula is C16H26N2O. The molecule has 0 fully saturated rings. The molecule has 0 aliphatic rings. The number of hydrogen-bond acceptors (Lipinski definition) is 2. The van der Waals surface area contributed by atoms with Crippen molar-refractivity contribution in [2.24, 2.45) is 0 Å². The van der Waals surface area contributed by atoms with Crippen LogP contribution in [0, 0.1) is 20.8 Å². The maximum atomic E-state index is 11.8. The standard InChI is InChI=1S/C16H26N2O/c1-6-7-17-16(19)14(5)18-10-15-12(3)8-11(2)9-13(15)4/h8-9,14,18H,6-7,10H2,1-5H3,(H,17,19). The number of nitrogens with one attached hydrogen (secondary N) is 2. The van der Waals surface area contributed by atoms with Crippen LogP contribution in [-0.2, 0) is 11.3 Å². The molecule has 0 aliphatic carbocycles. The van der Waals surface area contributed by atoms with E-state index in [4.69, 9.17) is 0 Å². The van der Waals surface area contributed by atoms with Crippen molar-refractivity contribution in [3.8, 4) is 0 Å². The zero-order valence-electron chi connectivity index (χ0n) is 12.8. The van der Waals surface area contributed by atoms with Crippen LogP contribution in [0.3, 0.4) is 0 Å². The van der Waals surface area contributed by atoms with Crippen molar-refractivity contribution in [2.45, 2.75) is 53.6 Å². The topological polar surface area (TPSA) is 41.1 Å². The lowest BCUT2D eigenvalue weighted by Crippen LogP contribution is -2.42. The smallest absolute Gasteiger partial charge is 0.236 e. The summed E-state index contributed by atoms with van der Waals surface area (Å²) in [6.45, 7) is 11.8. The second-order valence-electron chi connectivity index (χ2n) is 5.27. The lowest BCUT2D eigenvalue weighted by molar-refractivity contribution is -0.122. The van der Waals surface area contributed by atoms with Gasteiger partial charge in [-0.3, -0.25) is 4.79 Å². The van der Waals surface area contributed by atoms with Crippen LogP contribution in [0.1, 0.15) is 42.5 Å². The maximum Gasteiger partial charge on any atom is 0.236 e. The van der Waals surface area contributed by atoms with E-state index in [1.54, 1.807) is 0 Å². The van der Waals surface area contributed by atoms with Gasteiger partial charge in [0, 0.05) is 13.1 Å². The Hall–Kier alpha value is -1.35. The molecular weight excluding hydrogens is 236 g/mol. The molecule has 0 radical (unpaired) electrons.